The third kappa shape index (κ3) is 3.24. The first kappa shape index (κ1) is 18.1. The maximum Gasteiger partial charge on any atom is 0.166 e. The Morgan fingerprint density at radius 1 is 1.30 bits per heavy atom. The summed E-state index contributed by atoms with van der Waals surface area (Å²) in [6.45, 7) is 0. The molecule has 1 aliphatic rings. The van der Waals surface area contributed by atoms with E-state index >= 15 is 0 Å². The number of methoxy groups -OCH3 is 1. The summed E-state index contributed by atoms with van der Waals surface area (Å²) in [5, 5.41) is 3.90. The molecule has 1 aliphatic carbocycles. The van der Waals surface area contributed by atoms with Crippen molar-refractivity contribution in [1.29, 1.82) is 0 Å². The van der Waals surface area contributed by atoms with Crippen LogP contribution in [0.5, 0.6) is 5.75 Å². The third-order valence-corrected chi connectivity index (χ3v) is 5.59. The Labute approximate surface area is 170 Å². The molecule has 0 atom stereocenters. The van der Waals surface area contributed by atoms with Crippen molar-refractivity contribution in [3.05, 3.63) is 57.4 Å². The fraction of sp³-hybridized carbons (Fsp3) is 0.200. The zero-order chi connectivity index (χ0) is 19.0. The number of hydrogen-bond acceptors (Lipinski definition) is 4. The molecule has 0 spiro atoms. The predicted octanol–water partition coefficient (Wildman–Crippen LogP) is 5.76. The number of H-pyrrole nitrogens is 1. The fourth-order valence-corrected chi connectivity index (χ4v) is 4.15. The number of hydrogen-bond donors (Lipinski definition) is 2. The lowest BCUT2D eigenvalue weighted by Crippen LogP contribution is -2.11. The number of anilines is 2. The van der Waals surface area contributed by atoms with Crippen molar-refractivity contribution in [2.24, 2.45) is 0 Å². The lowest BCUT2D eigenvalue weighted by Gasteiger charge is -2.16. The van der Waals surface area contributed by atoms with Gasteiger partial charge in [-0.15, -0.1) is 0 Å². The molecule has 138 valence electrons. The van der Waals surface area contributed by atoms with E-state index in [1.165, 1.54) is 0 Å². The van der Waals surface area contributed by atoms with Crippen molar-refractivity contribution in [3.63, 3.8) is 0 Å². The molecule has 0 saturated heterocycles. The van der Waals surface area contributed by atoms with E-state index in [0.29, 0.717) is 28.4 Å². The molecule has 0 fully saturated rings. The number of Topliss-reactive ketones (excluding diaryl/α,β-unsaturated/α-hetero) is 1. The van der Waals surface area contributed by atoms with E-state index in [1.807, 2.05) is 18.2 Å². The Hall–Kier alpha value is -2.31. The zero-order valence-corrected chi connectivity index (χ0v) is 16.9. The number of fused-ring (bicyclic) bond motifs is 1. The number of carbonyl (C=O) groups is 1. The van der Waals surface area contributed by atoms with Crippen LogP contribution in [0.15, 0.2) is 41.1 Å². The monoisotopic (exact) mass is 445 g/mol. The molecule has 2 aromatic heterocycles. The van der Waals surface area contributed by atoms with E-state index in [2.05, 4.69) is 31.2 Å². The van der Waals surface area contributed by atoms with Gasteiger partial charge in [0.1, 0.15) is 0 Å². The van der Waals surface area contributed by atoms with Crippen LogP contribution in [0.25, 0.3) is 11.3 Å². The number of para-hydroxylation sites is 1. The largest absolute Gasteiger partial charge is 0.493 e. The Morgan fingerprint density at radius 2 is 2.15 bits per heavy atom. The Bertz CT molecular complexity index is 1030. The van der Waals surface area contributed by atoms with Gasteiger partial charge in [0, 0.05) is 34.5 Å². The minimum Gasteiger partial charge on any atom is -0.493 e. The number of benzene rings is 1. The molecule has 3 aromatic rings. The number of rotatable bonds is 4. The second kappa shape index (κ2) is 7.37. The van der Waals surface area contributed by atoms with Crippen LogP contribution in [0.2, 0.25) is 5.02 Å². The minimum absolute atomic E-state index is 0.132. The van der Waals surface area contributed by atoms with Crippen LogP contribution in [0.3, 0.4) is 0 Å². The van der Waals surface area contributed by atoms with Crippen LogP contribution in [-0.4, -0.2) is 22.9 Å². The molecular formula is C20H17BrClN3O2. The first-order valence-corrected chi connectivity index (χ1v) is 9.74. The van der Waals surface area contributed by atoms with Gasteiger partial charge in [0.2, 0.25) is 0 Å². The van der Waals surface area contributed by atoms with E-state index < -0.39 is 0 Å². The average Bonchev–Trinajstić information content (AvgIpc) is 3.02. The van der Waals surface area contributed by atoms with Crippen molar-refractivity contribution in [2.75, 3.05) is 12.4 Å². The molecule has 2 N–H and O–H groups in total. The second-order valence-corrected chi connectivity index (χ2v) is 7.57. The predicted molar refractivity (Wildman–Crippen MR) is 110 cm³/mol. The van der Waals surface area contributed by atoms with Crippen molar-refractivity contribution in [2.45, 2.75) is 19.3 Å². The summed E-state index contributed by atoms with van der Waals surface area (Å²) in [5.74, 6) is 0.671. The summed E-state index contributed by atoms with van der Waals surface area (Å²) in [5.41, 5.74) is 4.87. The zero-order valence-electron chi connectivity index (χ0n) is 14.6. The van der Waals surface area contributed by atoms with Gasteiger partial charge in [0.15, 0.2) is 11.5 Å². The van der Waals surface area contributed by atoms with Crippen molar-refractivity contribution >= 4 is 44.7 Å². The number of aryl methyl sites for hydroxylation is 1. The van der Waals surface area contributed by atoms with E-state index in [1.54, 1.807) is 25.6 Å². The lowest BCUT2D eigenvalue weighted by atomic mass is 9.95. The van der Waals surface area contributed by atoms with Gasteiger partial charge in [0.05, 0.1) is 34.8 Å². The van der Waals surface area contributed by atoms with E-state index in [-0.39, 0.29) is 5.78 Å². The Balaban J connectivity index is 1.91. The number of pyridine rings is 1. The molecule has 0 unspecified atom stereocenters. The molecule has 4 rings (SSSR count). The molecule has 27 heavy (non-hydrogen) atoms. The SMILES string of the molecule is COc1c(Cl)cccc1Nc1c(-c2ccncc2Br)[nH]c2c1C(=O)CCC2. The van der Waals surface area contributed by atoms with Gasteiger partial charge in [-0.3, -0.25) is 9.78 Å². The standard InChI is InChI=1S/C20H17BrClN3O2/c1-27-20-13(22)4-2-6-15(20)25-19-17-14(5-3-7-16(17)26)24-18(19)11-8-9-23-10-12(11)21/h2,4,6,8-10,24-25H,3,5,7H2,1H3. The maximum absolute atomic E-state index is 12.7. The summed E-state index contributed by atoms with van der Waals surface area (Å²) < 4.78 is 6.30. The first-order chi connectivity index (χ1) is 13.1. The third-order valence-electron chi connectivity index (χ3n) is 4.66. The highest BCUT2D eigenvalue weighted by Crippen LogP contribution is 2.43. The lowest BCUT2D eigenvalue weighted by molar-refractivity contribution is 0.0973. The number of nitrogens with zero attached hydrogens (tertiary/aromatic N) is 1. The molecule has 0 amide bonds. The second-order valence-electron chi connectivity index (χ2n) is 6.31. The van der Waals surface area contributed by atoms with Gasteiger partial charge in [-0.25, -0.2) is 0 Å². The maximum atomic E-state index is 12.7. The van der Waals surface area contributed by atoms with Gasteiger partial charge in [-0.2, -0.15) is 0 Å². The molecule has 5 nitrogen and oxygen atoms in total. The molecule has 0 saturated carbocycles. The van der Waals surface area contributed by atoms with Gasteiger partial charge in [-0.1, -0.05) is 17.7 Å². The molecule has 0 radical (unpaired) electrons. The summed E-state index contributed by atoms with van der Waals surface area (Å²) >= 11 is 9.83. The molecule has 1 aromatic carbocycles. The van der Waals surface area contributed by atoms with Crippen LogP contribution in [0.4, 0.5) is 11.4 Å². The highest BCUT2D eigenvalue weighted by atomic mass is 79.9. The van der Waals surface area contributed by atoms with E-state index in [9.17, 15) is 4.79 Å². The topological polar surface area (TPSA) is 67.0 Å². The van der Waals surface area contributed by atoms with Crippen LogP contribution >= 0.6 is 27.5 Å². The number of ketones is 1. The van der Waals surface area contributed by atoms with Gasteiger partial charge in [0.25, 0.3) is 0 Å². The quantitative estimate of drug-likeness (QED) is 0.534. The Morgan fingerprint density at radius 3 is 2.93 bits per heavy atom. The number of aromatic amines is 1. The number of ether oxygens (including phenoxy) is 1. The van der Waals surface area contributed by atoms with Crippen LogP contribution < -0.4 is 10.1 Å². The summed E-state index contributed by atoms with van der Waals surface area (Å²) in [6.07, 6.45) is 5.70. The van der Waals surface area contributed by atoms with Crippen LogP contribution in [0, 0.1) is 0 Å². The average molecular weight is 447 g/mol. The van der Waals surface area contributed by atoms with Gasteiger partial charge in [-0.05, 0) is 47.0 Å². The fourth-order valence-electron chi connectivity index (χ4n) is 3.45. The van der Waals surface area contributed by atoms with E-state index in [4.69, 9.17) is 16.3 Å². The smallest absolute Gasteiger partial charge is 0.166 e. The van der Waals surface area contributed by atoms with Gasteiger partial charge < -0.3 is 15.0 Å². The Kier molecular flexibility index (Phi) is 4.93. The summed E-state index contributed by atoms with van der Waals surface area (Å²) in [7, 11) is 1.57. The number of halogens is 2. The van der Waals surface area contributed by atoms with Crippen molar-refractivity contribution in [1.82, 2.24) is 9.97 Å². The molecule has 2 heterocycles. The highest BCUT2D eigenvalue weighted by Gasteiger charge is 2.28. The van der Waals surface area contributed by atoms with Crippen LogP contribution in [0.1, 0.15) is 28.9 Å². The highest BCUT2D eigenvalue weighted by molar-refractivity contribution is 9.10. The summed E-state index contributed by atoms with van der Waals surface area (Å²) in [4.78, 5) is 20.3. The first-order valence-electron chi connectivity index (χ1n) is 8.57. The summed E-state index contributed by atoms with van der Waals surface area (Å²) in [6, 6.07) is 7.40. The van der Waals surface area contributed by atoms with Crippen molar-refractivity contribution < 1.29 is 9.53 Å². The molecule has 7 heteroatoms. The molecular weight excluding hydrogens is 430 g/mol. The molecule has 0 bridgehead atoms. The van der Waals surface area contributed by atoms with Crippen molar-refractivity contribution in [3.8, 4) is 17.0 Å². The normalized spacial score (nSPS) is 13.4. The molecule has 0 aliphatic heterocycles. The van der Waals surface area contributed by atoms with Gasteiger partial charge >= 0.3 is 0 Å². The van der Waals surface area contributed by atoms with E-state index in [0.717, 1.165) is 40.0 Å². The number of aromatic nitrogens is 2. The number of nitrogens with one attached hydrogen (secondary N) is 2. The van der Waals surface area contributed by atoms with Crippen LogP contribution in [-0.2, 0) is 6.42 Å². The number of carbonyl (C=O) groups excluding carboxylic acids is 1. The minimum atomic E-state index is 0.132.